The number of benzene rings is 1. The molecule has 108 valence electrons. The Balaban J connectivity index is 2.39. The van der Waals surface area contributed by atoms with E-state index in [1.165, 1.54) is 24.5 Å². The second-order valence-electron chi connectivity index (χ2n) is 4.28. The van der Waals surface area contributed by atoms with E-state index in [1.807, 2.05) is 0 Å². The molecule has 2 rings (SSSR count). The van der Waals surface area contributed by atoms with Gasteiger partial charge in [0.05, 0.1) is 17.0 Å². The fourth-order valence-electron chi connectivity index (χ4n) is 2.11. The highest BCUT2D eigenvalue weighted by Crippen LogP contribution is 2.40. The Hall–Kier alpha value is -1.14. The van der Waals surface area contributed by atoms with Crippen LogP contribution in [0.25, 0.3) is 0 Å². The van der Waals surface area contributed by atoms with Crippen LogP contribution in [0.3, 0.4) is 0 Å². The van der Waals surface area contributed by atoms with Gasteiger partial charge >= 0.3 is 0 Å². The summed E-state index contributed by atoms with van der Waals surface area (Å²) in [6.45, 7) is 0.0967. The van der Waals surface area contributed by atoms with Gasteiger partial charge in [-0.3, -0.25) is 0 Å². The second kappa shape index (κ2) is 6.54. The Morgan fingerprint density at radius 3 is 2.85 bits per heavy atom. The molecule has 6 heteroatoms. The zero-order valence-corrected chi connectivity index (χ0v) is 12.4. The largest absolute Gasteiger partial charge is 0.495 e. The monoisotopic (exact) mass is 315 g/mol. The predicted molar refractivity (Wildman–Crippen MR) is 79.0 cm³/mol. The quantitative estimate of drug-likeness (QED) is 0.890. The van der Waals surface area contributed by atoms with Crippen LogP contribution in [0.5, 0.6) is 5.75 Å². The van der Waals surface area contributed by atoms with Gasteiger partial charge in [-0.1, -0.05) is 23.7 Å². The van der Waals surface area contributed by atoms with Gasteiger partial charge in [-0.05, 0) is 23.1 Å². The molecule has 0 aliphatic carbocycles. The molecular formula is C14H15ClFNO2S. The predicted octanol–water partition coefficient (Wildman–Crippen LogP) is 3.33. The average molecular weight is 316 g/mol. The maximum absolute atomic E-state index is 14.1. The van der Waals surface area contributed by atoms with E-state index in [0.717, 1.165) is 0 Å². The van der Waals surface area contributed by atoms with Gasteiger partial charge in [0.1, 0.15) is 17.7 Å². The van der Waals surface area contributed by atoms with Crippen molar-refractivity contribution < 1.29 is 14.2 Å². The van der Waals surface area contributed by atoms with Crippen molar-refractivity contribution in [3.05, 3.63) is 50.9 Å². The summed E-state index contributed by atoms with van der Waals surface area (Å²) in [5.74, 6) is -0.552. The molecule has 20 heavy (non-hydrogen) atoms. The molecule has 3 N–H and O–H groups in total. The van der Waals surface area contributed by atoms with Crippen molar-refractivity contribution in [2.24, 2.45) is 5.73 Å². The average Bonchev–Trinajstić information content (AvgIpc) is 2.92. The molecule has 0 amide bonds. The number of hydrogen-bond acceptors (Lipinski definition) is 4. The summed E-state index contributed by atoms with van der Waals surface area (Å²) in [5, 5.41) is 12.3. The highest BCUT2D eigenvalue weighted by Gasteiger charge is 2.28. The highest BCUT2D eigenvalue weighted by atomic mass is 35.5. The standard InChI is InChI=1S/C14H15ClFNO2S/c1-19-11-5-6-20-14(11)13(18)9(7-17)8-3-2-4-10(15)12(8)16/h2-6,9,13,18H,7,17H2,1H3. The summed E-state index contributed by atoms with van der Waals surface area (Å²) >= 11 is 7.13. The molecule has 0 aliphatic heterocycles. The Morgan fingerprint density at radius 2 is 2.20 bits per heavy atom. The van der Waals surface area contributed by atoms with E-state index in [4.69, 9.17) is 22.1 Å². The molecule has 2 unspecified atom stereocenters. The lowest BCUT2D eigenvalue weighted by atomic mass is 9.92. The minimum atomic E-state index is -0.942. The fourth-order valence-corrected chi connectivity index (χ4v) is 3.20. The van der Waals surface area contributed by atoms with Crippen molar-refractivity contribution in [1.29, 1.82) is 0 Å². The SMILES string of the molecule is COc1ccsc1C(O)C(CN)c1cccc(Cl)c1F. The topological polar surface area (TPSA) is 55.5 Å². The lowest BCUT2D eigenvalue weighted by Gasteiger charge is -2.22. The van der Waals surface area contributed by atoms with Crippen molar-refractivity contribution in [1.82, 2.24) is 0 Å². The van der Waals surface area contributed by atoms with Crippen LogP contribution in [0.1, 0.15) is 22.5 Å². The van der Waals surface area contributed by atoms with Crippen LogP contribution in [0, 0.1) is 5.82 Å². The number of rotatable bonds is 5. The van der Waals surface area contributed by atoms with Crippen LogP contribution in [-0.4, -0.2) is 18.8 Å². The normalized spacial score (nSPS) is 14.1. The number of aliphatic hydroxyl groups excluding tert-OH is 1. The number of nitrogens with two attached hydrogens (primary N) is 1. The first-order chi connectivity index (χ1) is 9.60. The summed E-state index contributed by atoms with van der Waals surface area (Å²) < 4.78 is 19.3. The first kappa shape index (κ1) is 15.3. The molecule has 0 fully saturated rings. The summed E-state index contributed by atoms with van der Waals surface area (Å²) in [5.41, 5.74) is 6.02. The Morgan fingerprint density at radius 1 is 1.45 bits per heavy atom. The summed E-state index contributed by atoms with van der Waals surface area (Å²) in [7, 11) is 1.52. The van der Waals surface area contributed by atoms with Crippen LogP contribution in [0.2, 0.25) is 5.02 Å². The van der Waals surface area contributed by atoms with Gasteiger partial charge in [-0.2, -0.15) is 0 Å². The molecule has 0 aliphatic rings. The lowest BCUT2D eigenvalue weighted by Crippen LogP contribution is -2.21. The zero-order chi connectivity index (χ0) is 14.7. The molecular weight excluding hydrogens is 301 g/mol. The van der Waals surface area contributed by atoms with Crippen molar-refractivity contribution in [3.63, 3.8) is 0 Å². The molecule has 3 nitrogen and oxygen atoms in total. The van der Waals surface area contributed by atoms with Gasteiger partial charge < -0.3 is 15.6 Å². The summed E-state index contributed by atoms with van der Waals surface area (Å²) in [6.07, 6.45) is -0.942. The second-order valence-corrected chi connectivity index (χ2v) is 5.64. The maximum atomic E-state index is 14.1. The van der Waals surface area contributed by atoms with Crippen molar-refractivity contribution in [3.8, 4) is 5.75 Å². The van der Waals surface area contributed by atoms with Crippen molar-refractivity contribution in [2.75, 3.05) is 13.7 Å². The van der Waals surface area contributed by atoms with Gasteiger partial charge in [0.2, 0.25) is 0 Å². The van der Waals surface area contributed by atoms with E-state index < -0.39 is 17.8 Å². The Labute approximate surface area is 125 Å². The lowest BCUT2D eigenvalue weighted by molar-refractivity contribution is 0.146. The smallest absolute Gasteiger partial charge is 0.145 e. The maximum Gasteiger partial charge on any atom is 0.145 e. The van der Waals surface area contributed by atoms with E-state index in [0.29, 0.717) is 16.2 Å². The van der Waals surface area contributed by atoms with E-state index in [9.17, 15) is 9.50 Å². The van der Waals surface area contributed by atoms with E-state index >= 15 is 0 Å². The summed E-state index contributed by atoms with van der Waals surface area (Å²) in [6, 6.07) is 6.45. The molecule has 2 aromatic rings. The summed E-state index contributed by atoms with van der Waals surface area (Å²) in [4.78, 5) is 0.627. The third kappa shape index (κ3) is 2.81. The minimum Gasteiger partial charge on any atom is -0.495 e. The van der Waals surface area contributed by atoms with E-state index in [2.05, 4.69) is 0 Å². The van der Waals surface area contributed by atoms with Crippen LogP contribution in [0.4, 0.5) is 4.39 Å². The number of aliphatic hydroxyl groups is 1. The minimum absolute atomic E-state index is 0.0197. The molecule has 1 aromatic carbocycles. The number of halogens is 2. The molecule has 0 spiro atoms. The number of thiophene rings is 1. The van der Waals surface area contributed by atoms with Gasteiger partial charge in [0, 0.05) is 12.5 Å². The third-order valence-corrected chi connectivity index (χ3v) is 4.42. The molecule has 1 aromatic heterocycles. The third-order valence-electron chi connectivity index (χ3n) is 3.16. The molecule has 0 saturated carbocycles. The van der Waals surface area contributed by atoms with Gasteiger partial charge in [0.25, 0.3) is 0 Å². The first-order valence-corrected chi connectivity index (χ1v) is 7.29. The van der Waals surface area contributed by atoms with Gasteiger partial charge in [-0.25, -0.2) is 4.39 Å². The Kier molecular flexibility index (Phi) is 4.99. The number of methoxy groups -OCH3 is 1. The molecule has 0 bridgehead atoms. The van der Waals surface area contributed by atoms with Crippen LogP contribution in [0.15, 0.2) is 29.6 Å². The van der Waals surface area contributed by atoms with Crippen LogP contribution >= 0.6 is 22.9 Å². The Bertz CT molecular complexity index is 590. The highest BCUT2D eigenvalue weighted by molar-refractivity contribution is 7.10. The number of hydrogen-bond donors (Lipinski definition) is 2. The van der Waals surface area contributed by atoms with E-state index in [-0.39, 0.29) is 11.6 Å². The van der Waals surface area contributed by atoms with Crippen molar-refractivity contribution in [2.45, 2.75) is 12.0 Å². The first-order valence-electron chi connectivity index (χ1n) is 6.03. The molecule has 2 atom stereocenters. The molecule has 1 heterocycles. The van der Waals surface area contributed by atoms with Crippen molar-refractivity contribution >= 4 is 22.9 Å². The van der Waals surface area contributed by atoms with E-state index in [1.54, 1.807) is 23.6 Å². The van der Waals surface area contributed by atoms with Gasteiger partial charge in [-0.15, -0.1) is 11.3 Å². The zero-order valence-electron chi connectivity index (χ0n) is 10.8. The molecule has 0 saturated heterocycles. The molecule has 0 radical (unpaired) electrons. The fraction of sp³-hybridized carbons (Fsp3) is 0.286. The van der Waals surface area contributed by atoms with Gasteiger partial charge in [0.15, 0.2) is 0 Å². The van der Waals surface area contributed by atoms with Crippen LogP contribution in [-0.2, 0) is 0 Å². The van der Waals surface area contributed by atoms with Crippen LogP contribution < -0.4 is 10.5 Å². The number of ether oxygens (including phenoxy) is 1.